The van der Waals surface area contributed by atoms with Crippen molar-refractivity contribution in [3.8, 4) is 0 Å². The van der Waals surface area contributed by atoms with Crippen LogP contribution < -0.4 is 5.43 Å². The third-order valence-electron chi connectivity index (χ3n) is 4.64. The van der Waals surface area contributed by atoms with Gasteiger partial charge in [-0.25, -0.2) is 10.4 Å². The smallest absolute Gasteiger partial charge is 0.267 e. The quantitative estimate of drug-likeness (QED) is 0.189. The topological polar surface area (TPSA) is 184 Å². The molecule has 4 aromatic rings. The first kappa shape index (κ1) is 24.4. The summed E-state index contributed by atoms with van der Waals surface area (Å²) in [4.78, 5) is 48.6. The molecule has 13 nitrogen and oxygen atoms in total. The van der Waals surface area contributed by atoms with E-state index in [-0.39, 0.29) is 22.6 Å². The average Bonchev–Trinajstić information content (AvgIpc) is 3.26. The number of hydrogen-bond acceptors (Lipinski definition) is 11. The Labute approximate surface area is 208 Å². The van der Waals surface area contributed by atoms with E-state index in [1.54, 1.807) is 6.07 Å². The number of fused-ring (bicyclic) bond motifs is 1. The molecule has 1 amide bonds. The van der Waals surface area contributed by atoms with E-state index in [1.165, 1.54) is 66.1 Å². The summed E-state index contributed by atoms with van der Waals surface area (Å²) in [6.45, 7) is 0. The Morgan fingerprint density at radius 2 is 1.69 bits per heavy atom. The molecule has 1 aromatic heterocycles. The molecule has 0 aliphatic carbocycles. The second kappa shape index (κ2) is 10.2. The maximum atomic E-state index is 12.2. The van der Waals surface area contributed by atoms with Crippen LogP contribution in [-0.4, -0.2) is 31.9 Å². The monoisotopic (exact) mass is 524 g/mol. The van der Waals surface area contributed by atoms with Crippen LogP contribution in [0.3, 0.4) is 0 Å². The van der Waals surface area contributed by atoms with Crippen LogP contribution in [0.25, 0.3) is 10.2 Å². The van der Waals surface area contributed by atoms with E-state index in [4.69, 9.17) is 0 Å². The summed E-state index contributed by atoms with van der Waals surface area (Å²) >= 11 is 2.22. The molecule has 0 saturated carbocycles. The average molecular weight is 524 g/mol. The van der Waals surface area contributed by atoms with Gasteiger partial charge in [-0.2, -0.15) is 5.10 Å². The molecule has 0 atom stereocenters. The van der Waals surface area contributed by atoms with Crippen molar-refractivity contribution in [3.63, 3.8) is 0 Å². The molecule has 4 rings (SSSR count). The zero-order valence-corrected chi connectivity index (χ0v) is 19.4. The Morgan fingerprint density at radius 3 is 2.42 bits per heavy atom. The van der Waals surface area contributed by atoms with Gasteiger partial charge in [0, 0.05) is 41.5 Å². The summed E-state index contributed by atoms with van der Waals surface area (Å²) in [5.41, 5.74) is 2.57. The highest BCUT2D eigenvalue weighted by molar-refractivity contribution is 8.01. The van der Waals surface area contributed by atoms with Crippen LogP contribution in [0.4, 0.5) is 17.1 Å². The zero-order valence-electron chi connectivity index (χ0n) is 17.8. The number of hydrazone groups is 1. The molecule has 0 saturated heterocycles. The van der Waals surface area contributed by atoms with Crippen molar-refractivity contribution in [1.82, 2.24) is 10.4 Å². The van der Waals surface area contributed by atoms with Crippen molar-refractivity contribution >= 4 is 62.5 Å². The normalized spacial score (nSPS) is 11.0. The van der Waals surface area contributed by atoms with Gasteiger partial charge >= 0.3 is 0 Å². The van der Waals surface area contributed by atoms with Gasteiger partial charge in [-0.05, 0) is 18.2 Å². The molecule has 1 N–H and O–H groups in total. The Kier molecular flexibility index (Phi) is 6.93. The molecule has 0 fully saturated rings. The van der Waals surface area contributed by atoms with Crippen molar-refractivity contribution in [2.75, 3.05) is 0 Å². The fourth-order valence-corrected chi connectivity index (χ4v) is 5.12. The second-order valence-electron chi connectivity index (χ2n) is 6.98. The number of non-ortho nitro benzene ring substituents is 2. The molecular formula is C21H12N6O7S2. The fraction of sp³-hybridized carbons (Fsp3) is 0. The first-order valence-corrected chi connectivity index (χ1v) is 11.4. The number of rotatable bonds is 8. The molecule has 180 valence electrons. The summed E-state index contributed by atoms with van der Waals surface area (Å²) in [7, 11) is 0. The van der Waals surface area contributed by atoms with Crippen molar-refractivity contribution in [2.24, 2.45) is 5.10 Å². The number of nitro groups is 3. The second-order valence-corrected chi connectivity index (χ2v) is 9.30. The Hall–Kier alpha value is -4.76. The highest BCUT2D eigenvalue weighted by atomic mass is 32.2. The number of benzene rings is 3. The molecule has 0 aliphatic heterocycles. The number of thiazole rings is 1. The van der Waals surface area contributed by atoms with Gasteiger partial charge in [0.15, 0.2) is 4.34 Å². The maximum absolute atomic E-state index is 12.2. The molecule has 0 bridgehead atoms. The van der Waals surface area contributed by atoms with Crippen molar-refractivity contribution in [2.45, 2.75) is 9.24 Å². The highest BCUT2D eigenvalue weighted by Crippen LogP contribution is 2.39. The van der Waals surface area contributed by atoms with Crippen LogP contribution in [0.2, 0.25) is 0 Å². The Morgan fingerprint density at radius 1 is 0.944 bits per heavy atom. The molecule has 0 aliphatic rings. The molecule has 0 unspecified atom stereocenters. The van der Waals surface area contributed by atoms with Gasteiger partial charge < -0.3 is 0 Å². The predicted molar refractivity (Wildman–Crippen MR) is 132 cm³/mol. The van der Waals surface area contributed by atoms with E-state index >= 15 is 0 Å². The van der Waals surface area contributed by atoms with Crippen LogP contribution in [0.1, 0.15) is 15.9 Å². The first-order valence-electron chi connectivity index (χ1n) is 9.80. The zero-order chi connectivity index (χ0) is 25.8. The molecule has 15 heteroatoms. The minimum atomic E-state index is -0.687. The lowest BCUT2D eigenvalue weighted by Gasteiger charge is -2.02. The third kappa shape index (κ3) is 5.48. The summed E-state index contributed by atoms with van der Waals surface area (Å²) in [6, 6.07) is 13.7. The van der Waals surface area contributed by atoms with Gasteiger partial charge in [-0.15, -0.1) is 11.3 Å². The summed E-state index contributed by atoms with van der Waals surface area (Å²) in [5, 5.41) is 37.2. The lowest BCUT2D eigenvalue weighted by molar-refractivity contribution is -0.387. The number of aromatic nitrogens is 1. The number of amides is 1. The number of nitrogens with one attached hydrogen (secondary N) is 1. The van der Waals surface area contributed by atoms with E-state index < -0.39 is 20.7 Å². The predicted octanol–water partition coefficient (Wildman–Crippen LogP) is 4.94. The van der Waals surface area contributed by atoms with Crippen LogP contribution in [0.15, 0.2) is 75.0 Å². The minimum Gasteiger partial charge on any atom is -0.267 e. The lowest BCUT2D eigenvalue weighted by Crippen LogP contribution is -2.17. The number of hydrogen-bond donors (Lipinski definition) is 1. The summed E-state index contributed by atoms with van der Waals surface area (Å²) < 4.78 is 1.05. The SMILES string of the molecule is O=C(N/N=C/c1ccc(Sc2nc3ccc([N+](=O)[O-])cc3s2)c([N+](=O)[O-])c1)c1cccc([N+](=O)[O-])c1. The van der Waals surface area contributed by atoms with Crippen LogP contribution >= 0.6 is 23.1 Å². The maximum Gasteiger partial charge on any atom is 0.283 e. The van der Waals surface area contributed by atoms with Crippen molar-refractivity contribution in [1.29, 1.82) is 0 Å². The van der Waals surface area contributed by atoms with E-state index in [0.717, 1.165) is 17.8 Å². The van der Waals surface area contributed by atoms with Gasteiger partial charge in [-0.1, -0.05) is 23.9 Å². The van der Waals surface area contributed by atoms with E-state index in [0.29, 0.717) is 25.0 Å². The van der Waals surface area contributed by atoms with Gasteiger partial charge in [-0.3, -0.25) is 35.1 Å². The van der Waals surface area contributed by atoms with Gasteiger partial charge in [0.1, 0.15) is 0 Å². The van der Waals surface area contributed by atoms with E-state index in [9.17, 15) is 35.1 Å². The van der Waals surface area contributed by atoms with Gasteiger partial charge in [0.25, 0.3) is 23.0 Å². The third-order valence-corrected chi connectivity index (χ3v) is 6.78. The number of nitrogens with zero attached hydrogens (tertiary/aromatic N) is 5. The lowest BCUT2D eigenvalue weighted by atomic mass is 10.2. The molecule has 3 aromatic carbocycles. The van der Waals surface area contributed by atoms with Gasteiger partial charge in [0.2, 0.25) is 0 Å². The largest absolute Gasteiger partial charge is 0.283 e. The van der Waals surface area contributed by atoms with E-state index in [1.807, 2.05) is 0 Å². The number of nitro benzene ring substituents is 3. The fourth-order valence-electron chi connectivity index (χ4n) is 2.98. The van der Waals surface area contributed by atoms with Crippen LogP contribution in [0.5, 0.6) is 0 Å². The van der Waals surface area contributed by atoms with E-state index in [2.05, 4.69) is 15.5 Å². The van der Waals surface area contributed by atoms with Crippen molar-refractivity contribution in [3.05, 3.63) is 102 Å². The summed E-state index contributed by atoms with van der Waals surface area (Å²) in [6.07, 6.45) is 1.20. The molecular weight excluding hydrogens is 512 g/mol. The summed E-state index contributed by atoms with van der Waals surface area (Å²) in [5.74, 6) is -0.687. The molecule has 36 heavy (non-hydrogen) atoms. The van der Waals surface area contributed by atoms with Crippen molar-refractivity contribution < 1.29 is 19.6 Å². The Balaban J connectivity index is 1.50. The molecule has 0 radical (unpaired) electrons. The molecule has 0 spiro atoms. The number of carbonyl (C=O) groups excluding carboxylic acids is 1. The standard InChI is InChI=1S/C21H12N6O7S2/c28-20(13-2-1-3-14(9-13)25(29)30)24-22-11-12-4-7-18(17(8-12)27(33)34)35-21-23-16-6-5-15(26(31)32)10-19(16)36-21/h1-11H,(H,24,28)/b22-11+. The molecule has 1 heterocycles. The van der Waals surface area contributed by atoms with Gasteiger partial charge in [0.05, 0.1) is 36.1 Å². The number of carbonyl (C=O) groups is 1. The minimum absolute atomic E-state index is 0.0280. The Bertz CT molecular complexity index is 1570. The van der Waals surface area contributed by atoms with Crippen LogP contribution in [-0.2, 0) is 0 Å². The highest BCUT2D eigenvalue weighted by Gasteiger charge is 2.18. The first-order chi connectivity index (χ1) is 17.2. The van der Waals surface area contributed by atoms with Crippen LogP contribution in [0, 0.1) is 30.3 Å².